The van der Waals surface area contributed by atoms with Crippen LogP contribution < -0.4 is 9.30 Å². The van der Waals surface area contributed by atoms with Crippen LogP contribution in [0, 0.1) is 6.92 Å². The predicted octanol–water partition coefficient (Wildman–Crippen LogP) is 5.56. The SMILES string of the molecule is CS(=O)(=O)[O-].Cc1sc2ccc(-c3ccccc3)cc2[n+]1CCOc1cccc2ccccc12. The highest BCUT2D eigenvalue weighted by molar-refractivity contribution is 7.84. The summed E-state index contributed by atoms with van der Waals surface area (Å²) in [5.41, 5.74) is 3.77. The smallest absolute Gasteiger partial charge is 0.235 e. The van der Waals surface area contributed by atoms with Gasteiger partial charge in [-0.2, -0.15) is 4.57 Å². The summed E-state index contributed by atoms with van der Waals surface area (Å²) < 4.78 is 37.1. The summed E-state index contributed by atoms with van der Waals surface area (Å²) in [5.74, 6) is 0.950. The molecule has 0 bridgehead atoms. The van der Waals surface area contributed by atoms with Crippen LogP contribution in [0.2, 0.25) is 0 Å². The third-order valence-electron chi connectivity index (χ3n) is 5.32. The molecule has 174 valence electrons. The van der Waals surface area contributed by atoms with E-state index in [1.807, 2.05) is 11.3 Å². The number of rotatable bonds is 5. The lowest BCUT2D eigenvalue weighted by Crippen LogP contribution is -2.37. The van der Waals surface area contributed by atoms with E-state index in [0.29, 0.717) is 12.9 Å². The number of aryl methyl sites for hydroxylation is 1. The number of benzene rings is 4. The van der Waals surface area contributed by atoms with Crippen LogP contribution in [0.3, 0.4) is 0 Å². The molecule has 0 fully saturated rings. The molecule has 4 aromatic carbocycles. The quantitative estimate of drug-likeness (QED) is 0.238. The average Bonchev–Trinajstić information content (AvgIpc) is 3.13. The van der Waals surface area contributed by atoms with E-state index >= 15 is 0 Å². The van der Waals surface area contributed by atoms with Crippen LogP contribution in [0.4, 0.5) is 0 Å². The first kappa shape index (κ1) is 23.9. The Kier molecular flexibility index (Phi) is 7.26. The highest BCUT2D eigenvalue weighted by atomic mass is 32.2. The summed E-state index contributed by atoms with van der Waals surface area (Å²) in [6.07, 6.45) is 0.604. The van der Waals surface area contributed by atoms with E-state index in [4.69, 9.17) is 17.7 Å². The van der Waals surface area contributed by atoms with Crippen molar-refractivity contribution in [2.75, 3.05) is 12.9 Å². The maximum atomic E-state index is 9.08. The molecule has 0 amide bonds. The van der Waals surface area contributed by atoms with E-state index in [2.05, 4.69) is 102 Å². The predicted molar refractivity (Wildman–Crippen MR) is 137 cm³/mol. The maximum Gasteiger partial charge on any atom is 0.235 e. The Morgan fingerprint density at radius 2 is 1.56 bits per heavy atom. The zero-order valence-corrected chi connectivity index (χ0v) is 20.6. The van der Waals surface area contributed by atoms with Crippen LogP contribution in [-0.4, -0.2) is 25.8 Å². The molecule has 0 saturated carbocycles. The van der Waals surface area contributed by atoms with Crippen LogP contribution in [0.1, 0.15) is 5.01 Å². The molecule has 0 spiro atoms. The zero-order valence-electron chi connectivity index (χ0n) is 19.0. The largest absolute Gasteiger partial charge is 0.748 e. The molecule has 0 radical (unpaired) electrons. The molecule has 0 aliphatic carbocycles. The third kappa shape index (κ3) is 5.99. The molecule has 5 rings (SSSR count). The molecule has 1 heterocycles. The Morgan fingerprint density at radius 1 is 0.882 bits per heavy atom. The highest BCUT2D eigenvalue weighted by Crippen LogP contribution is 2.27. The number of hydrogen-bond donors (Lipinski definition) is 0. The Bertz CT molecular complexity index is 1510. The van der Waals surface area contributed by atoms with Gasteiger partial charge in [-0.15, -0.1) is 0 Å². The van der Waals surface area contributed by atoms with Gasteiger partial charge in [0.15, 0.2) is 6.54 Å². The van der Waals surface area contributed by atoms with Crippen molar-refractivity contribution >= 4 is 42.4 Å². The van der Waals surface area contributed by atoms with Gasteiger partial charge in [0, 0.05) is 24.6 Å². The van der Waals surface area contributed by atoms with Gasteiger partial charge in [0.05, 0.1) is 10.1 Å². The number of fused-ring (bicyclic) bond motifs is 2. The topological polar surface area (TPSA) is 70.3 Å². The van der Waals surface area contributed by atoms with E-state index in [1.54, 1.807) is 0 Å². The van der Waals surface area contributed by atoms with Gasteiger partial charge in [0.2, 0.25) is 10.5 Å². The molecule has 0 aliphatic rings. The van der Waals surface area contributed by atoms with Crippen LogP contribution >= 0.6 is 11.3 Å². The van der Waals surface area contributed by atoms with Gasteiger partial charge in [0.25, 0.3) is 0 Å². The van der Waals surface area contributed by atoms with Gasteiger partial charge in [0.1, 0.15) is 17.1 Å². The van der Waals surface area contributed by atoms with E-state index in [0.717, 1.165) is 12.3 Å². The summed E-state index contributed by atoms with van der Waals surface area (Å²) in [7, 11) is -3.92. The summed E-state index contributed by atoms with van der Waals surface area (Å²) in [4.78, 5) is 0. The fourth-order valence-electron chi connectivity index (χ4n) is 3.85. The molecule has 1 aromatic heterocycles. The number of hydrogen-bond acceptors (Lipinski definition) is 5. The third-order valence-corrected chi connectivity index (χ3v) is 6.40. The second-order valence-electron chi connectivity index (χ2n) is 7.85. The summed E-state index contributed by atoms with van der Waals surface area (Å²) in [6, 6.07) is 31.9. The minimum Gasteiger partial charge on any atom is -0.748 e. The molecule has 0 saturated heterocycles. The van der Waals surface area contributed by atoms with Crippen molar-refractivity contribution in [1.29, 1.82) is 0 Å². The Balaban J connectivity index is 0.000000499. The molecule has 5 aromatic rings. The van der Waals surface area contributed by atoms with Gasteiger partial charge in [-0.3, -0.25) is 0 Å². The molecule has 34 heavy (non-hydrogen) atoms. The molecule has 0 unspecified atom stereocenters. The average molecular weight is 492 g/mol. The summed E-state index contributed by atoms with van der Waals surface area (Å²) in [5, 5.41) is 3.67. The van der Waals surface area contributed by atoms with Gasteiger partial charge < -0.3 is 9.29 Å². The molecule has 0 aliphatic heterocycles. The molecular formula is C27H25NO4S2. The number of ether oxygens (including phenoxy) is 1. The van der Waals surface area contributed by atoms with Crippen molar-refractivity contribution in [3.8, 4) is 16.9 Å². The first-order valence-electron chi connectivity index (χ1n) is 10.8. The molecule has 7 heteroatoms. The van der Waals surface area contributed by atoms with Crippen molar-refractivity contribution in [3.63, 3.8) is 0 Å². The van der Waals surface area contributed by atoms with E-state index in [1.165, 1.54) is 37.1 Å². The molecule has 5 nitrogen and oxygen atoms in total. The lowest BCUT2D eigenvalue weighted by atomic mass is 10.1. The fraction of sp³-hybridized carbons (Fsp3) is 0.148. The molecule has 0 N–H and O–H groups in total. The minimum absolute atomic E-state index is 0.604. The minimum atomic E-state index is -3.92. The van der Waals surface area contributed by atoms with Crippen LogP contribution in [0.25, 0.3) is 32.1 Å². The van der Waals surface area contributed by atoms with Crippen molar-refractivity contribution in [2.24, 2.45) is 0 Å². The van der Waals surface area contributed by atoms with Crippen LogP contribution in [0.5, 0.6) is 5.75 Å². The summed E-state index contributed by atoms with van der Waals surface area (Å²) >= 11 is 1.84. The zero-order chi connectivity index (χ0) is 24.1. The monoisotopic (exact) mass is 491 g/mol. The Hall–Kier alpha value is -3.26. The lowest BCUT2D eigenvalue weighted by molar-refractivity contribution is -0.673. The van der Waals surface area contributed by atoms with Gasteiger partial charge in [-0.25, -0.2) is 8.42 Å². The maximum absolute atomic E-state index is 9.08. The van der Waals surface area contributed by atoms with Crippen LogP contribution in [-0.2, 0) is 16.7 Å². The van der Waals surface area contributed by atoms with Gasteiger partial charge in [-0.05, 0) is 28.6 Å². The lowest BCUT2D eigenvalue weighted by Gasteiger charge is -2.08. The van der Waals surface area contributed by atoms with Crippen molar-refractivity contribution < 1.29 is 22.3 Å². The van der Waals surface area contributed by atoms with Gasteiger partial charge >= 0.3 is 0 Å². The second kappa shape index (κ2) is 10.3. The Labute approximate surface area is 203 Å². The van der Waals surface area contributed by atoms with Gasteiger partial charge in [-0.1, -0.05) is 84.1 Å². The summed E-state index contributed by atoms with van der Waals surface area (Å²) in [6.45, 7) is 3.65. The molecule has 0 atom stereocenters. The molecular weight excluding hydrogens is 466 g/mol. The van der Waals surface area contributed by atoms with Crippen molar-refractivity contribution in [3.05, 3.63) is 96.0 Å². The van der Waals surface area contributed by atoms with E-state index in [9.17, 15) is 0 Å². The second-order valence-corrected chi connectivity index (χ2v) is 10.5. The number of aromatic nitrogens is 1. The van der Waals surface area contributed by atoms with E-state index < -0.39 is 10.1 Å². The van der Waals surface area contributed by atoms with Crippen molar-refractivity contribution in [2.45, 2.75) is 13.5 Å². The number of nitrogens with zero attached hydrogens (tertiary/aromatic N) is 1. The fourth-order valence-corrected chi connectivity index (χ4v) is 4.88. The van der Waals surface area contributed by atoms with Crippen LogP contribution in [0.15, 0.2) is 91.0 Å². The Morgan fingerprint density at radius 3 is 2.32 bits per heavy atom. The highest BCUT2D eigenvalue weighted by Gasteiger charge is 2.18. The first-order chi connectivity index (χ1) is 16.3. The standard InChI is InChI=1S/C26H22NOS.CH4O3S/c1-19-27(16-17-28-25-13-7-11-21-10-5-6-12-23(21)25)24-18-22(14-15-26(24)29-19)20-8-3-2-4-9-20;1-5(2,3)4/h2-15,18H,16-17H2,1H3;1H3,(H,2,3,4)/q+1;/p-1. The van der Waals surface area contributed by atoms with Crippen molar-refractivity contribution in [1.82, 2.24) is 0 Å². The first-order valence-corrected chi connectivity index (χ1v) is 13.4. The van der Waals surface area contributed by atoms with E-state index in [-0.39, 0.29) is 0 Å². The normalized spacial score (nSPS) is 11.3. The number of thiazole rings is 1.